The molecule has 0 aliphatic carbocycles. The minimum atomic E-state index is -1.05. The molecule has 1 unspecified atom stereocenters. The summed E-state index contributed by atoms with van der Waals surface area (Å²) >= 11 is 0. The van der Waals surface area contributed by atoms with Gasteiger partial charge in [0.05, 0.1) is 18.9 Å². The topological polar surface area (TPSA) is 76.7 Å². The number of carbonyl (C=O) groups excluding carboxylic acids is 2. The third kappa shape index (κ3) is 4.63. The van der Waals surface area contributed by atoms with Crippen LogP contribution in [-0.4, -0.2) is 36.7 Å². The lowest BCUT2D eigenvalue weighted by Gasteiger charge is -2.41. The molecule has 1 aromatic carbocycles. The van der Waals surface area contributed by atoms with Gasteiger partial charge in [0, 0.05) is 19.3 Å². The number of ether oxygens (including phenoxy) is 2. The minimum absolute atomic E-state index is 0.00575. The smallest absolute Gasteiger partial charge is 0.251 e. The van der Waals surface area contributed by atoms with Gasteiger partial charge in [0.2, 0.25) is 5.91 Å². The number of nitrogens with one attached hydrogen (secondary N) is 2. The SMILES string of the molecule is CC(C)(C)CC[CH]C(=O)NC1C(=O)Nc2cccc(F)c2OC12CCOCC2. The van der Waals surface area contributed by atoms with Crippen LogP contribution >= 0.6 is 0 Å². The highest BCUT2D eigenvalue weighted by Crippen LogP contribution is 2.39. The lowest BCUT2D eigenvalue weighted by Crippen LogP contribution is -2.62. The standard InChI is InChI=1S/C21H28FN2O4/c1-20(2,3)9-5-8-16(25)24-18-19(26)23-15-7-4-6-14(22)17(15)28-21(18)10-12-27-13-11-21/h4,6-8,18H,5,9-13H2,1-3H3,(H,23,26)(H,24,25). The molecule has 28 heavy (non-hydrogen) atoms. The Morgan fingerprint density at radius 3 is 2.75 bits per heavy atom. The van der Waals surface area contributed by atoms with Crippen molar-refractivity contribution in [2.24, 2.45) is 5.41 Å². The molecule has 3 rings (SSSR count). The number of halogens is 1. The summed E-state index contributed by atoms with van der Waals surface area (Å²) in [4.78, 5) is 25.5. The van der Waals surface area contributed by atoms with Crippen molar-refractivity contribution >= 4 is 17.5 Å². The summed E-state index contributed by atoms with van der Waals surface area (Å²) in [5.41, 5.74) is -0.673. The maximum absolute atomic E-state index is 14.4. The van der Waals surface area contributed by atoms with Crippen LogP contribution in [0.5, 0.6) is 5.75 Å². The van der Waals surface area contributed by atoms with E-state index in [1.807, 2.05) is 0 Å². The average Bonchev–Trinajstić information content (AvgIpc) is 2.72. The molecular weight excluding hydrogens is 363 g/mol. The number of para-hydroxylation sites is 1. The molecule has 153 valence electrons. The van der Waals surface area contributed by atoms with Gasteiger partial charge < -0.3 is 20.1 Å². The number of rotatable bonds is 4. The van der Waals surface area contributed by atoms with Crippen molar-refractivity contribution in [1.29, 1.82) is 0 Å². The Morgan fingerprint density at radius 1 is 1.36 bits per heavy atom. The molecule has 1 aromatic rings. The normalized spacial score (nSPS) is 21.3. The van der Waals surface area contributed by atoms with Gasteiger partial charge in [0.1, 0.15) is 11.6 Å². The summed E-state index contributed by atoms with van der Waals surface area (Å²) in [5, 5.41) is 5.50. The first-order valence-electron chi connectivity index (χ1n) is 9.70. The highest BCUT2D eigenvalue weighted by Gasteiger charge is 2.50. The fourth-order valence-corrected chi connectivity index (χ4v) is 3.56. The van der Waals surface area contributed by atoms with Crippen molar-refractivity contribution in [3.05, 3.63) is 30.4 Å². The molecule has 1 fully saturated rings. The summed E-state index contributed by atoms with van der Waals surface area (Å²) in [6.07, 6.45) is 3.77. The van der Waals surface area contributed by atoms with Crippen molar-refractivity contribution in [1.82, 2.24) is 5.32 Å². The quantitative estimate of drug-likeness (QED) is 0.826. The lowest BCUT2D eigenvalue weighted by atomic mass is 9.85. The summed E-state index contributed by atoms with van der Waals surface area (Å²) in [5.74, 6) is -1.28. The molecule has 2 heterocycles. The van der Waals surface area contributed by atoms with Crippen molar-refractivity contribution < 1.29 is 23.5 Å². The Hall–Kier alpha value is -2.15. The highest BCUT2D eigenvalue weighted by molar-refractivity contribution is 6.01. The van der Waals surface area contributed by atoms with E-state index in [2.05, 4.69) is 31.4 Å². The molecule has 0 saturated carbocycles. The molecule has 1 radical (unpaired) electrons. The number of carbonyl (C=O) groups is 2. The zero-order valence-electron chi connectivity index (χ0n) is 16.6. The maximum atomic E-state index is 14.4. The van der Waals surface area contributed by atoms with Crippen LogP contribution in [0, 0.1) is 17.7 Å². The van der Waals surface area contributed by atoms with Crippen LogP contribution in [0.25, 0.3) is 0 Å². The van der Waals surface area contributed by atoms with Crippen LogP contribution in [0.3, 0.4) is 0 Å². The second kappa shape index (κ2) is 8.07. The summed E-state index contributed by atoms with van der Waals surface area (Å²) < 4.78 is 25.9. The Morgan fingerprint density at radius 2 is 2.07 bits per heavy atom. The van der Waals surface area contributed by atoms with E-state index >= 15 is 0 Å². The predicted molar refractivity (Wildman–Crippen MR) is 103 cm³/mol. The van der Waals surface area contributed by atoms with E-state index in [4.69, 9.17) is 9.47 Å². The third-order valence-electron chi connectivity index (χ3n) is 5.17. The van der Waals surface area contributed by atoms with E-state index in [9.17, 15) is 14.0 Å². The second-order valence-electron chi connectivity index (χ2n) is 8.63. The Balaban J connectivity index is 1.81. The molecule has 2 aliphatic rings. The zero-order chi connectivity index (χ0) is 20.4. The minimum Gasteiger partial charge on any atom is -0.479 e. The number of fused-ring (bicyclic) bond motifs is 1. The molecule has 7 heteroatoms. The summed E-state index contributed by atoms with van der Waals surface area (Å²) in [6.45, 7) is 7.06. The molecule has 1 spiro atoms. The van der Waals surface area contributed by atoms with Crippen LogP contribution in [0.15, 0.2) is 18.2 Å². The summed E-state index contributed by atoms with van der Waals surface area (Å²) in [7, 11) is 0. The monoisotopic (exact) mass is 391 g/mol. The van der Waals surface area contributed by atoms with Crippen LogP contribution in [0.2, 0.25) is 0 Å². The predicted octanol–water partition coefficient (Wildman–Crippen LogP) is 3.22. The summed E-state index contributed by atoms with van der Waals surface area (Å²) in [6, 6.07) is 3.44. The van der Waals surface area contributed by atoms with E-state index in [0.29, 0.717) is 32.5 Å². The van der Waals surface area contributed by atoms with E-state index in [0.717, 1.165) is 6.42 Å². The van der Waals surface area contributed by atoms with Crippen LogP contribution in [-0.2, 0) is 14.3 Å². The van der Waals surface area contributed by atoms with Crippen LogP contribution < -0.4 is 15.4 Å². The second-order valence-corrected chi connectivity index (χ2v) is 8.63. The van der Waals surface area contributed by atoms with Gasteiger partial charge in [-0.15, -0.1) is 0 Å². The third-order valence-corrected chi connectivity index (χ3v) is 5.17. The largest absolute Gasteiger partial charge is 0.479 e. The van der Waals surface area contributed by atoms with E-state index < -0.39 is 23.4 Å². The molecule has 2 amide bonds. The van der Waals surface area contributed by atoms with E-state index in [1.165, 1.54) is 12.1 Å². The fourth-order valence-electron chi connectivity index (χ4n) is 3.56. The van der Waals surface area contributed by atoms with Gasteiger partial charge in [0.15, 0.2) is 11.6 Å². The van der Waals surface area contributed by atoms with Gasteiger partial charge in [-0.1, -0.05) is 26.8 Å². The number of anilines is 1. The van der Waals surface area contributed by atoms with Gasteiger partial charge in [-0.2, -0.15) is 0 Å². The van der Waals surface area contributed by atoms with E-state index in [-0.39, 0.29) is 22.8 Å². The van der Waals surface area contributed by atoms with Crippen molar-refractivity contribution in [3.63, 3.8) is 0 Å². The number of hydrogen-bond donors (Lipinski definition) is 2. The molecule has 1 saturated heterocycles. The average molecular weight is 391 g/mol. The first kappa shape index (κ1) is 20.6. The number of amides is 2. The first-order valence-corrected chi connectivity index (χ1v) is 9.70. The molecule has 1 atom stereocenters. The van der Waals surface area contributed by atoms with Crippen molar-refractivity contribution in [2.45, 2.75) is 58.1 Å². The maximum Gasteiger partial charge on any atom is 0.251 e. The fraction of sp³-hybridized carbons (Fsp3) is 0.571. The van der Waals surface area contributed by atoms with Gasteiger partial charge in [0.25, 0.3) is 5.91 Å². The zero-order valence-corrected chi connectivity index (χ0v) is 16.6. The first-order chi connectivity index (χ1) is 13.2. The van der Waals surface area contributed by atoms with Crippen LogP contribution in [0.4, 0.5) is 10.1 Å². The number of benzene rings is 1. The van der Waals surface area contributed by atoms with Gasteiger partial charge in [-0.3, -0.25) is 9.59 Å². The van der Waals surface area contributed by atoms with Crippen molar-refractivity contribution in [3.8, 4) is 5.75 Å². The number of hydrogen-bond acceptors (Lipinski definition) is 4. The molecule has 2 N–H and O–H groups in total. The molecule has 0 aromatic heterocycles. The van der Waals surface area contributed by atoms with E-state index in [1.54, 1.807) is 12.5 Å². The highest BCUT2D eigenvalue weighted by atomic mass is 19.1. The molecule has 6 nitrogen and oxygen atoms in total. The Labute approximate surface area is 165 Å². The van der Waals surface area contributed by atoms with Gasteiger partial charge in [-0.25, -0.2) is 4.39 Å². The van der Waals surface area contributed by atoms with Crippen molar-refractivity contribution in [2.75, 3.05) is 18.5 Å². The van der Waals surface area contributed by atoms with Gasteiger partial charge in [-0.05, 0) is 30.4 Å². The molecule has 0 bridgehead atoms. The Kier molecular flexibility index (Phi) is 5.93. The lowest BCUT2D eigenvalue weighted by molar-refractivity contribution is -0.134. The molecule has 2 aliphatic heterocycles. The van der Waals surface area contributed by atoms with Crippen LogP contribution in [0.1, 0.15) is 46.5 Å². The van der Waals surface area contributed by atoms with Gasteiger partial charge >= 0.3 is 0 Å². The molecular formula is C21H28FN2O4. The Bertz CT molecular complexity index is 738.